The van der Waals surface area contributed by atoms with E-state index in [1.54, 1.807) is 30.3 Å². The fourth-order valence-corrected chi connectivity index (χ4v) is 1.58. The number of halogens is 2. The van der Waals surface area contributed by atoms with Gasteiger partial charge in [-0.25, -0.2) is 9.98 Å². The summed E-state index contributed by atoms with van der Waals surface area (Å²) in [6, 6.07) is 8.58. The van der Waals surface area contributed by atoms with Crippen LogP contribution in [0, 0.1) is 5.41 Å². The third-order valence-electron chi connectivity index (χ3n) is 1.98. The Morgan fingerprint density at radius 1 is 1.29 bits per heavy atom. The Balaban J connectivity index is 2.37. The van der Waals surface area contributed by atoms with E-state index in [0.717, 1.165) is 0 Å². The van der Waals surface area contributed by atoms with Crippen LogP contribution in [0.5, 0.6) is 0 Å². The van der Waals surface area contributed by atoms with Gasteiger partial charge in [-0.3, -0.25) is 5.41 Å². The summed E-state index contributed by atoms with van der Waals surface area (Å²) in [7, 11) is 0. The number of benzene rings is 1. The quantitative estimate of drug-likeness (QED) is 0.465. The molecule has 0 unspecified atom stereocenters. The first-order valence-corrected chi connectivity index (χ1v) is 5.51. The molecular weight excluding hydrogens is 259 g/mol. The molecule has 6 heteroatoms. The monoisotopic (exact) mass is 266 g/mol. The summed E-state index contributed by atoms with van der Waals surface area (Å²) in [5.41, 5.74) is 1.11. The second-order valence-electron chi connectivity index (χ2n) is 3.22. The van der Waals surface area contributed by atoms with E-state index in [9.17, 15) is 0 Å². The second kappa shape index (κ2) is 5.12. The van der Waals surface area contributed by atoms with Gasteiger partial charge in [-0.15, -0.1) is 0 Å². The molecule has 0 fully saturated rings. The molecule has 86 valence electrons. The van der Waals surface area contributed by atoms with E-state index in [0.29, 0.717) is 16.1 Å². The predicted octanol–water partition coefficient (Wildman–Crippen LogP) is 2.64. The van der Waals surface area contributed by atoms with Gasteiger partial charge in [-0.05, 0) is 29.8 Å². The van der Waals surface area contributed by atoms with Crippen molar-refractivity contribution >= 4 is 29.0 Å². The molecule has 2 aromatic rings. The van der Waals surface area contributed by atoms with Crippen molar-refractivity contribution in [2.24, 2.45) is 4.99 Å². The normalized spacial score (nSPS) is 11.5. The van der Waals surface area contributed by atoms with Crippen LogP contribution in [-0.4, -0.2) is 15.8 Å². The highest BCUT2D eigenvalue weighted by molar-refractivity contribution is 6.31. The summed E-state index contributed by atoms with van der Waals surface area (Å²) in [6.45, 7) is 0. The SMILES string of the molecule is N=C(/N=c1/ccnc(Cl)[nH]1)c1cccc(Cl)c1. The number of rotatable bonds is 1. The molecule has 0 aliphatic heterocycles. The zero-order chi connectivity index (χ0) is 12.3. The molecule has 2 rings (SSSR count). The van der Waals surface area contributed by atoms with Crippen molar-refractivity contribution in [3.05, 3.63) is 57.9 Å². The Morgan fingerprint density at radius 3 is 2.82 bits per heavy atom. The van der Waals surface area contributed by atoms with E-state index in [1.165, 1.54) is 6.20 Å². The number of hydrogen-bond acceptors (Lipinski definition) is 2. The van der Waals surface area contributed by atoms with Crippen LogP contribution in [-0.2, 0) is 0 Å². The second-order valence-corrected chi connectivity index (χ2v) is 4.01. The van der Waals surface area contributed by atoms with Crippen molar-refractivity contribution in [1.29, 1.82) is 5.41 Å². The van der Waals surface area contributed by atoms with Gasteiger partial charge in [0.05, 0.1) is 0 Å². The Labute approximate surface area is 107 Å². The molecule has 0 aliphatic carbocycles. The minimum Gasteiger partial charge on any atom is -0.315 e. The van der Waals surface area contributed by atoms with Crippen LogP contribution in [0.4, 0.5) is 0 Å². The highest BCUT2D eigenvalue weighted by Gasteiger charge is 1.99. The summed E-state index contributed by atoms with van der Waals surface area (Å²) in [4.78, 5) is 10.6. The molecule has 0 aliphatic rings. The average Bonchev–Trinajstić information content (AvgIpc) is 2.29. The lowest BCUT2D eigenvalue weighted by molar-refractivity contribution is 1.08. The Morgan fingerprint density at radius 2 is 2.12 bits per heavy atom. The van der Waals surface area contributed by atoms with E-state index in [4.69, 9.17) is 28.6 Å². The van der Waals surface area contributed by atoms with Crippen LogP contribution in [0.1, 0.15) is 5.56 Å². The van der Waals surface area contributed by atoms with Crippen molar-refractivity contribution in [3.63, 3.8) is 0 Å². The fraction of sp³-hybridized carbons (Fsp3) is 0. The third kappa shape index (κ3) is 3.15. The number of H-pyrrole nitrogens is 1. The lowest BCUT2D eigenvalue weighted by Gasteiger charge is -1.98. The maximum absolute atomic E-state index is 7.83. The van der Waals surface area contributed by atoms with Gasteiger partial charge in [0.15, 0.2) is 5.84 Å². The van der Waals surface area contributed by atoms with Crippen LogP contribution < -0.4 is 5.49 Å². The maximum atomic E-state index is 7.83. The van der Waals surface area contributed by atoms with E-state index in [-0.39, 0.29) is 11.1 Å². The highest BCUT2D eigenvalue weighted by atomic mass is 35.5. The van der Waals surface area contributed by atoms with E-state index < -0.39 is 0 Å². The molecule has 0 atom stereocenters. The minimum atomic E-state index is 0.103. The number of aromatic nitrogens is 2. The number of aromatic amines is 1. The van der Waals surface area contributed by atoms with Crippen molar-refractivity contribution in [3.8, 4) is 0 Å². The first-order valence-electron chi connectivity index (χ1n) is 4.75. The van der Waals surface area contributed by atoms with Crippen LogP contribution in [0.15, 0.2) is 41.5 Å². The van der Waals surface area contributed by atoms with Crippen molar-refractivity contribution in [2.75, 3.05) is 0 Å². The van der Waals surface area contributed by atoms with Gasteiger partial charge in [-0.1, -0.05) is 23.7 Å². The Kier molecular flexibility index (Phi) is 3.56. The van der Waals surface area contributed by atoms with Crippen LogP contribution in [0.25, 0.3) is 0 Å². The average molecular weight is 267 g/mol. The number of nitrogens with one attached hydrogen (secondary N) is 2. The number of hydrogen-bond donors (Lipinski definition) is 2. The lowest BCUT2D eigenvalue weighted by atomic mass is 10.2. The summed E-state index contributed by atoms with van der Waals surface area (Å²) in [5, 5.41) is 8.62. The first-order chi connectivity index (χ1) is 8.15. The molecule has 0 saturated carbocycles. The highest BCUT2D eigenvalue weighted by Crippen LogP contribution is 2.11. The lowest BCUT2D eigenvalue weighted by Crippen LogP contribution is -2.11. The smallest absolute Gasteiger partial charge is 0.201 e. The van der Waals surface area contributed by atoms with Crippen molar-refractivity contribution in [1.82, 2.24) is 9.97 Å². The molecule has 4 nitrogen and oxygen atoms in total. The Bertz CT molecular complexity index is 619. The molecule has 1 aromatic heterocycles. The summed E-state index contributed by atoms with van der Waals surface area (Å²) in [5.74, 6) is 0.103. The molecule has 0 saturated heterocycles. The molecule has 0 radical (unpaired) electrons. The van der Waals surface area contributed by atoms with E-state index in [1.807, 2.05) is 0 Å². The molecule has 0 spiro atoms. The van der Waals surface area contributed by atoms with Crippen LogP contribution in [0.3, 0.4) is 0 Å². The largest absolute Gasteiger partial charge is 0.315 e. The molecule has 17 heavy (non-hydrogen) atoms. The van der Waals surface area contributed by atoms with Gasteiger partial charge in [-0.2, -0.15) is 0 Å². The fourth-order valence-electron chi connectivity index (χ4n) is 1.24. The third-order valence-corrected chi connectivity index (χ3v) is 2.41. The molecule has 0 bridgehead atoms. The van der Waals surface area contributed by atoms with E-state index >= 15 is 0 Å². The molecular formula is C11H8Cl2N4. The van der Waals surface area contributed by atoms with Gasteiger partial charge < -0.3 is 4.98 Å². The van der Waals surface area contributed by atoms with Gasteiger partial charge in [0.1, 0.15) is 5.49 Å². The van der Waals surface area contributed by atoms with Crippen molar-refractivity contribution < 1.29 is 0 Å². The van der Waals surface area contributed by atoms with Crippen LogP contribution in [0.2, 0.25) is 10.3 Å². The zero-order valence-corrected chi connectivity index (χ0v) is 10.1. The number of nitrogens with zero attached hydrogens (tertiary/aromatic N) is 2. The molecule has 2 N–H and O–H groups in total. The zero-order valence-electron chi connectivity index (χ0n) is 8.61. The van der Waals surface area contributed by atoms with Gasteiger partial charge in [0.2, 0.25) is 5.28 Å². The van der Waals surface area contributed by atoms with Crippen molar-refractivity contribution in [2.45, 2.75) is 0 Å². The molecule has 1 aromatic carbocycles. The van der Waals surface area contributed by atoms with Gasteiger partial charge >= 0.3 is 0 Å². The van der Waals surface area contributed by atoms with Gasteiger partial charge in [0.25, 0.3) is 0 Å². The van der Waals surface area contributed by atoms with Gasteiger partial charge in [0, 0.05) is 16.8 Å². The Hall–Kier alpha value is -1.65. The summed E-state index contributed by atoms with van der Waals surface area (Å²) < 4.78 is 0. The molecule has 1 heterocycles. The standard InChI is InChI=1S/C11H8Cl2N4/c12-8-3-1-2-7(6-8)10(14)16-9-4-5-15-11(13)17-9/h1-6H,(H2,14,15,16,17). The predicted molar refractivity (Wildman–Crippen MR) is 67.4 cm³/mol. The number of amidine groups is 1. The maximum Gasteiger partial charge on any atom is 0.201 e. The van der Waals surface area contributed by atoms with Crippen LogP contribution >= 0.6 is 23.2 Å². The summed E-state index contributed by atoms with van der Waals surface area (Å²) >= 11 is 11.5. The molecule has 0 amide bonds. The first kappa shape index (κ1) is 11.8. The summed E-state index contributed by atoms with van der Waals surface area (Å²) in [6.07, 6.45) is 1.52. The minimum absolute atomic E-state index is 0.103. The van der Waals surface area contributed by atoms with E-state index in [2.05, 4.69) is 15.0 Å². The topological polar surface area (TPSA) is 64.9 Å².